The van der Waals surface area contributed by atoms with Crippen molar-refractivity contribution in [2.24, 2.45) is 16.1 Å². The molecule has 5 N–H and O–H groups in total. The highest BCUT2D eigenvalue weighted by molar-refractivity contribution is 6.74. The predicted molar refractivity (Wildman–Crippen MR) is 141 cm³/mol. The highest BCUT2D eigenvalue weighted by atomic mass is 28.3. The summed E-state index contributed by atoms with van der Waals surface area (Å²) in [7, 11) is -1.46. The first-order valence-electron chi connectivity index (χ1n) is 13.2. The van der Waals surface area contributed by atoms with Crippen molar-refractivity contribution in [1.82, 2.24) is 10.2 Å². The molecular weight excluding hydrogens is 478 g/mol. The van der Waals surface area contributed by atoms with Crippen LogP contribution in [0.5, 0.6) is 0 Å². The van der Waals surface area contributed by atoms with Crippen molar-refractivity contribution in [2.75, 3.05) is 0 Å². The van der Waals surface area contributed by atoms with Crippen LogP contribution in [0.3, 0.4) is 0 Å². The van der Waals surface area contributed by atoms with E-state index in [0.29, 0.717) is 12.1 Å². The number of urea groups is 1. The summed E-state index contributed by atoms with van der Waals surface area (Å²) in [6.07, 6.45) is 15.3. The maximum atomic E-state index is 11.5. The third-order valence-corrected chi connectivity index (χ3v) is 7.17. The van der Waals surface area contributed by atoms with Gasteiger partial charge in [-0.05, 0) is 58.2 Å². The first-order valence-corrected chi connectivity index (χ1v) is 16.6. The predicted octanol–water partition coefficient (Wildman–Crippen LogP) is 3.29. The molecule has 0 aromatic rings. The summed E-state index contributed by atoms with van der Waals surface area (Å²) in [6.45, 7) is 5.95. The quantitative estimate of drug-likeness (QED) is 0.169. The average molecular weight is 524 g/mol. The zero-order valence-electron chi connectivity index (χ0n) is 22.2. The van der Waals surface area contributed by atoms with Crippen molar-refractivity contribution in [3.05, 3.63) is 0 Å². The second kappa shape index (κ2) is 16.4. The molecule has 1 aliphatic heterocycles. The number of hydrogen-bond acceptors (Lipinski definition) is 7. The summed E-state index contributed by atoms with van der Waals surface area (Å²) in [5.74, 6) is -0.828. The molecule has 10 nitrogen and oxygen atoms in total. The lowest BCUT2D eigenvalue weighted by Crippen LogP contribution is -2.48. The van der Waals surface area contributed by atoms with Crippen molar-refractivity contribution >= 4 is 37.9 Å². The maximum Gasteiger partial charge on any atom is 0.312 e. The Balaban J connectivity index is 0.000000256. The molecule has 11 heteroatoms. The van der Waals surface area contributed by atoms with Crippen molar-refractivity contribution in [2.45, 2.75) is 128 Å². The molecule has 4 fully saturated rings. The average Bonchev–Trinajstić information content (AvgIpc) is 3.52. The number of rotatable bonds is 3. The molecule has 0 aromatic carbocycles. The third kappa shape index (κ3) is 13.7. The van der Waals surface area contributed by atoms with Crippen LogP contribution in [0.1, 0.15) is 89.9 Å². The van der Waals surface area contributed by atoms with Gasteiger partial charge in [-0.3, -0.25) is 19.3 Å². The number of isocyanates is 1. The molecule has 3 saturated carbocycles. The number of nitrogens with zero attached hydrogens (tertiary/aromatic N) is 2. The second-order valence-corrected chi connectivity index (χ2v) is 15.5. The number of ketones is 1. The summed E-state index contributed by atoms with van der Waals surface area (Å²) < 4.78 is 3.59. The van der Waals surface area contributed by atoms with E-state index in [1.165, 1.54) is 43.4 Å². The Morgan fingerprint density at radius 3 is 1.67 bits per heavy atom. The Bertz CT molecular complexity index is 756. The highest BCUT2D eigenvalue weighted by Crippen LogP contribution is 2.26. The Hall–Kier alpha value is -2.36. The minimum absolute atomic E-state index is 0.0723. The molecule has 36 heavy (non-hydrogen) atoms. The fourth-order valence-electron chi connectivity index (χ4n) is 4.64. The van der Waals surface area contributed by atoms with Crippen LogP contribution in [-0.4, -0.2) is 61.0 Å². The number of carbonyl (C=O) groups excluding carboxylic acids is 5. The van der Waals surface area contributed by atoms with Crippen LogP contribution < -0.4 is 16.8 Å². The van der Waals surface area contributed by atoms with Gasteiger partial charge in [-0.1, -0.05) is 38.5 Å². The lowest BCUT2D eigenvalue weighted by Gasteiger charge is -2.29. The molecule has 4 rings (SSSR count). The Morgan fingerprint density at radius 1 is 0.889 bits per heavy atom. The van der Waals surface area contributed by atoms with Gasteiger partial charge >= 0.3 is 6.03 Å². The van der Waals surface area contributed by atoms with E-state index in [1.807, 2.05) is 19.6 Å². The second-order valence-electron chi connectivity index (χ2n) is 10.9. The summed E-state index contributed by atoms with van der Waals surface area (Å²) in [5, 5.41) is 2.68. The van der Waals surface area contributed by atoms with E-state index in [4.69, 9.17) is 11.5 Å². The molecule has 4 aliphatic rings. The molecule has 204 valence electrons. The standard InChI is InChI=1S/C10H13NO3.C6H12N2O.C5H11N.C4H9NOSi/c12-8-5-9(13)11(10(14)6-8)7-3-1-2-4-7;7-6(9)8-5-3-1-2-4-5;6-5-3-1-2-4-5;1-7(2,3)5-4-6/h7H,1-6H2;5H,1-4H2,(H3,7,8,9);5H,1-4,6H2;1-3H3. The minimum Gasteiger partial charge on any atom is -0.352 e. The molecule has 1 saturated heterocycles. The van der Waals surface area contributed by atoms with Crippen molar-refractivity contribution in [1.29, 1.82) is 0 Å². The molecule has 0 radical (unpaired) electrons. The summed E-state index contributed by atoms with van der Waals surface area (Å²) in [6, 6.07) is 0.595. The molecule has 3 aliphatic carbocycles. The molecule has 0 aromatic heterocycles. The van der Waals surface area contributed by atoms with Crippen molar-refractivity contribution in [3.8, 4) is 0 Å². The topological polar surface area (TPSA) is 165 Å². The number of carbonyl (C=O) groups is 4. The van der Waals surface area contributed by atoms with Crippen LogP contribution in [0.25, 0.3) is 0 Å². The summed E-state index contributed by atoms with van der Waals surface area (Å²) in [5.41, 5.74) is 10.5. The van der Waals surface area contributed by atoms with Gasteiger partial charge in [0.2, 0.25) is 17.9 Å². The number of piperidine rings is 1. The maximum absolute atomic E-state index is 11.5. The lowest BCUT2D eigenvalue weighted by molar-refractivity contribution is -0.153. The van der Waals surface area contributed by atoms with E-state index < -0.39 is 8.24 Å². The smallest absolute Gasteiger partial charge is 0.312 e. The number of amides is 4. The van der Waals surface area contributed by atoms with E-state index in [1.54, 1.807) is 6.08 Å². The SMILES string of the molecule is C[Si](C)(C)N=C=O.NC(=O)NC1CCCC1.NC1CCCC1.O=C1CC(=O)N(C2CCCC2)C(=O)C1. The fraction of sp³-hybridized carbons (Fsp3) is 0.800. The highest BCUT2D eigenvalue weighted by Gasteiger charge is 2.36. The van der Waals surface area contributed by atoms with Crippen molar-refractivity contribution < 1.29 is 24.0 Å². The minimum atomic E-state index is -1.46. The number of nitrogens with two attached hydrogens (primary N) is 2. The van der Waals surface area contributed by atoms with Gasteiger partial charge in [-0.15, -0.1) is 0 Å². The van der Waals surface area contributed by atoms with Crippen molar-refractivity contribution in [3.63, 3.8) is 0 Å². The first-order chi connectivity index (χ1) is 16.9. The van der Waals surface area contributed by atoms with Gasteiger partial charge in [0.1, 0.15) is 0 Å². The van der Waals surface area contributed by atoms with E-state index in [0.717, 1.165) is 38.5 Å². The number of imide groups is 1. The monoisotopic (exact) mass is 523 g/mol. The zero-order valence-corrected chi connectivity index (χ0v) is 23.2. The van der Waals surface area contributed by atoms with Crippen LogP contribution in [0.2, 0.25) is 19.6 Å². The zero-order chi connectivity index (χ0) is 27.1. The Labute approximate surface area is 216 Å². The molecular formula is C25H45N5O5Si. The molecule has 0 spiro atoms. The Morgan fingerprint density at radius 2 is 1.33 bits per heavy atom. The number of Topliss-reactive ketones (excluding diaryl/α,β-unsaturated/α-hetero) is 1. The number of primary amides is 1. The van der Waals surface area contributed by atoms with Gasteiger partial charge < -0.3 is 16.8 Å². The number of nitrogens with one attached hydrogen (secondary N) is 1. The van der Waals surface area contributed by atoms with E-state index in [2.05, 4.69) is 9.97 Å². The van der Waals surface area contributed by atoms with Crippen LogP contribution in [-0.2, 0) is 19.2 Å². The Kier molecular flexibility index (Phi) is 14.4. The van der Waals surface area contributed by atoms with Crippen LogP contribution in [0, 0.1) is 0 Å². The largest absolute Gasteiger partial charge is 0.352 e. The van der Waals surface area contributed by atoms with Gasteiger partial charge in [-0.25, -0.2) is 14.2 Å². The van der Waals surface area contributed by atoms with E-state index in [9.17, 15) is 24.0 Å². The van der Waals surface area contributed by atoms with Crippen LogP contribution in [0.4, 0.5) is 4.79 Å². The summed E-state index contributed by atoms with van der Waals surface area (Å²) >= 11 is 0. The molecule has 0 atom stereocenters. The van der Waals surface area contributed by atoms with E-state index >= 15 is 0 Å². The van der Waals surface area contributed by atoms with Gasteiger partial charge in [0.25, 0.3) is 0 Å². The number of likely N-dealkylation sites (tertiary alicyclic amines) is 1. The molecule has 0 bridgehead atoms. The van der Waals surface area contributed by atoms with E-state index in [-0.39, 0.29) is 42.5 Å². The van der Waals surface area contributed by atoms with Gasteiger partial charge in [0.05, 0.1) is 12.8 Å². The van der Waals surface area contributed by atoms with Crippen LogP contribution in [0.15, 0.2) is 4.66 Å². The fourth-order valence-corrected chi connectivity index (χ4v) is 4.92. The van der Waals surface area contributed by atoms with Gasteiger partial charge in [0, 0.05) is 18.1 Å². The molecule has 1 heterocycles. The van der Waals surface area contributed by atoms with Crippen LogP contribution >= 0.6 is 0 Å². The summed E-state index contributed by atoms with van der Waals surface area (Å²) in [4.78, 5) is 55.1. The molecule has 0 unspecified atom stereocenters. The van der Waals surface area contributed by atoms with Gasteiger partial charge in [-0.2, -0.15) is 0 Å². The third-order valence-electron chi connectivity index (χ3n) is 6.41. The molecule has 4 amide bonds. The first kappa shape index (κ1) is 31.7. The normalized spacial score (nSPS) is 20.9. The van der Waals surface area contributed by atoms with Gasteiger partial charge in [0.15, 0.2) is 14.0 Å². The number of hydrogen-bond donors (Lipinski definition) is 3. The lowest BCUT2D eigenvalue weighted by atomic mass is 10.0.